The lowest BCUT2D eigenvalue weighted by molar-refractivity contribution is -0.145. The summed E-state index contributed by atoms with van der Waals surface area (Å²) in [6.45, 7) is 8.28. The van der Waals surface area contributed by atoms with Gasteiger partial charge in [0.25, 0.3) is 0 Å². The Labute approximate surface area is 151 Å². The number of allylic oxidation sites excluding steroid dienone is 3. The molecule has 138 valence electrons. The van der Waals surface area contributed by atoms with Crippen molar-refractivity contribution in [2.75, 3.05) is 0 Å². The van der Waals surface area contributed by atoms with Gasteiger partial charge < -0.3 is 9.84 Å². The number of aliphatic hydroxyl groups is 1. The van der Waals surface area contributed by atoms with Crippen LogP contribution in [-0.4, -0.2) is 22.8 Å². The first kappa shape index (κ1) is 17.3. The third kappa shape index (κ3) is 2.38. The first-order chi connectivity index (χ1) is 11.7. The van der Waals surface area contributed by atoms with Crippen LogP contribution in [0.15, 0.2) is 23.8 Å². The number of hydrogen-bond acceptors (Lipinski definition) is 3. The van der Waals surface area contributed by atoms with E-state index in [1.165, 1.54) is 18.9 Å². The van der Waals surface area contributed by atoms with Crippen molar-refractivity contribution in [1.82, 2.24) is 0 Å². The predicted molar refractivity (Wildman–Crippen MR) is 97.8 cm³/mol. The Kier molecular flexibility index (Phi) is 3.78. The fourth-order valence-corrected chi connectivity index (χ4v) is 6.68. The molecule has 4 aliphatic carbocycles. The first-order valence-electron chi connectivity index (χ1n) is 9.97. The van der Waals surface area contributed by atoms with Crippen LogP contribution in [-0.2, 0) is 9.53 Å². The quantitative estimate of drug-likeness (QED) is 0.717. The van der Waals surface area contributed by atoms with Gasteiger partial charge in [-0.1, -0.05) is 26.0 Å². The predicted octanol–water partition coefficient (Wildman–Crippen LogP) is 4.41. The number of fused-ring (bicyclic) bond motifs is 5. The molecule has 2 saturated carbocycles. The van der Waals surface area contributed by atoms with Crippen LogP contribution < -0.4 is 0 Å². The second kappa shape index (κ2) is 5.45. The molecule has 0 radical (unpaired) electrons. The summed E-state index contributed by atoms with van der Waals surface area (Å²) in [5.41, 5.74) is 1.07. The Bertz CT molecular complexity index is 646. The zero-order valence-electron chi connectivity index (χ0n) is 16.0. The molecule has 2 unspecified atom stereocenters. The Balaban J connectivity index is 1.66. The molecule has 0 saturated heterocycles. The van der Waals surface area contributed by atoms with Gasteiger partial charge in [0.1, 0.15) is 6.10 Å². The van der Waals surface area contributed by atoms with Gasteiger partial charge in [-0.15, -0.1) is 0 Å². The summed E-state index contributed by atoms with van der Waals surface area (Å²) < 4.78 is 5.45. The molecule has 3 heteroatoms. The number of rotatable bonds is 1. The van der Waals surface area contributed by atoms with Crippen molar-refractivity contribution in [1.29, 1.82) is 0 Å². The van der Waals surface area contributed by atoms with Gasteiger partial charge in [-0.3, -0.25) is 4.79 Å². The van der Waals surface area contributed by atoms with Crippen LogP contribution in [0, 0.1) is 28.6 Å². The van der Waals surface area contributed by atoms with Gasteiger partial charge in [0.2, 0.25) is 0 Å². The molecule has 1 N–H and O–H groups in total. The lowest BCUT2D eigenvalue weighted by atomic mass is 9.48. The van der Waals surface area contributed by atoms with Crippen LogP contribution in [0.2, 0.25) is 0 Å². The maximum absolute atomic E-state index is 11.3. The Hall–Kier alpha value is -1.09. The number of carbonyl (C=O) groups excluding carboxylic acids is 1. The summed E-state index contributed by atoms with van der Waals surface area (Å²) in [4.78, 5) is 11.3. The SMILES string of the molecule is CC(=O)OC1C=C2C=C[C@@H]3[C@H](CC[C@@]4(C)[C@H]3CCC4(C)O)[C@@]2(C)CC1. The Morgan fingerprint density at radius 3 is 2.56 bits per heavy atom. The number of carbonyl (C=O) groups is 1. The molecule has 3 nitrogen and oxygen atoms in total. The number of hydrogen-bond donors (Lipinski definition) is 1. The van der Waals surface area contributed by atoms with E-state index in [2.05, 4.69) is 39.0 Å². The fraction of sp³-hybridized carbons (Fsp3) is 0.773. The maximum Gasteiger partial charge on any atom is 0.303 e. The molecule has 0 heterocycles. The van der Waals surface area contributed by atoms with Crippen LogP contribution in [0.3, 0.4) is 0 Å². The van der Waals surface area contributed by atoms with E-state index in [4.69, 9.17) is 4.74 Å². The smallest absolute Gasteiger partial charge is 0.303 e. The summed E-state index contributed by atoms with van der Waals surface area (Å²) >= 11 is 0. The van der Waals surface area contributed by atoms with Crippen molar-refractivity contribution < 1.29 is 14.6 Å². The molecule has 4 rings (SSSR count). The van der Waals surface area contributed by atoms with Crippen LogP contribution in [0.25, 0.3) is 0 Å². The Morgan fingerprint density at radius 1 is 1.12 bits per heavy atom. The van der Waals surface area contributed by atoms with Crippen LogP contribution >= 0.6 is 0 Å². The van der Waals surface area contributed by atoms with Crippen molar-refractivity contribution in [3.8, 4) is 0 Å². The minimum absolute atomic E-state index is 0.0467. The highest BCUT2D eigenvalue weighted by molar-refractivity contribution is 5.66. The van der Waals surface area contributed by atoms with E-state index in [0.29, 0.717) is 17.8 Å². The minimum Gasteiger partial charge on any atom is -0.458 e. The molecule has 0 aliphatic heterocycles. The average Bonchev–Trinajstić information content (AvgIpc) is 2.77. The van der Waals surface area contributed by atoms with Crippen LogP contribution in [0.4, 0.5) is 0 Å². The van der Waals surface area contributed by atoms with Gasteiger partial charge in [0.05, 0.1) is 5.60 Å². The van der Waals surface area contributed by atoms with E-state index >= 15 is 0 Å². The monoisotopic (exact) mass is 344 g/mol. The van der Waals surface area contributed by atoms with Crippen molar-refractivity contribution in [3.05, 3.63) is 23.8 Å². The summed E-state index contributed by atoms with van der Waals surface area (Å²) in [7, 11) is 0. The molecule has 0 bridgehead atoms. The van der Waals surface area contributed by atoms with Crippen LogP contribution in [0.5, 0.6) is 0 Å². The summed E-state index contributed by atoms with van der Waals surface area (Å²) in [5, 5.41) is 11.0. The standard InChI is InChI=1S/C22H32O3/c1-14(23)25-16-7-10-20(2)15(13-16)5-6-17-18(20)8-11-21(3)19(17)9-12-22(21,4)24/h5-6,13,16-19,24H,7-12H2,1-4H3/t16?,17-,18+,19+,20+,21+,22?/m1/s1. The lowest BCUT2D eigenvalue weighted by Gasteiger charge is -2.57. The first-order valence-corrected chi connectivity index (χ1v) is 9.97. The molecule has 4 aliphatic rings. The highest BCUT2D eigenvalue weighted by Crippen LogP contribution is 2.66. The lowest BCUT2D eigenvalue weighted by Crippen LogP contribution is -2.53. The molecular formula is C22H32O3. The molecule has 0 aromatic rings. The maximum atomic E-state index is 11.3. The molecular weight excluding hydrogens is 312 g/mol. The van der Waals surface area contributed by atoms with Crippen molar-refractivity contribution in [2.24, 2.45) is 28.6 Å². The molecule has 25 heavy (non-hydrogen) atoms. The van der Waals surface area contributed by atoms with Gasteiger partial charge in [0.15, 0.2) is 0 Å². The van der Waals surface area contributed by atoms with Crippen molar-refractivity contribution in [3.63, 3.8) is 0 Å². The molecule has 2 fully saturated rings. The highest BCUT2D eigenvalue weighted by Gasteiger charge is 2.61. The zero-order valence-corrected chi connectivity index (χ0v) is 16.0. The topological polar surface area (TPSA) is 46.5 Å². The van der Waals surface area contributed by atoms with E-state index in [9.17, 15) is 9.90 Å². The highest BCUT2D eigenvalue weighted by atomic mass is 16.5. The van der Waals surface area contributed by atoms with Gasteiger partial charge in [-0.05, 0) is 85.7 Å². The molecule has 0 amide bonds. The summed E-state index contributed by atoms with van der Waals surface area (Å²) in [6, 6.07) is 0. The third-order valence-electron chi connectivity index (χ3n) is 8.50. The minimum atomic E-state index is -0.527. The van der Waals surface area contributed by atoms with E-state index in [-0.39, 0.29) is 22.9 Å². The van der Waals surface area contributed by atoms with Gasteiger partial charge >= 0.3 is 5.97 Å². The third-order valence-corrected chi connectivity index (χ3v) is 8.50. The number of esters is 1. The zero-order chi connectivity index (χ0) is 18.0. The van der Waals surface area contributed by atoms with E-state index in [0.717, 1.165) is 32.1 Å². The molecule has 7 atom stereocenters. The summed E-state index contributed by atoms with van der Waals surface area (Å²) in [6.07, 6.45) is 13.2. The van der Waals surface area contributed by atoms with E-state index in [1.54, 1.807) is 0 Å². The van der Waals surface area contributed by atoms with Crippen LogP contribution in [0.1, 0.15) is 66.2 Å². The van der Waals surface area contributed by atoms with Gasteiger partial charge in [0, 0.05) is 6.92 Å². The Morgan fingerprint density at radius 2 is 1.84 bits per heavy atom. The second-order valence-corrected chi connectivity index (χ2v) is 9.64. The second-order valence-electron chi connectivity index (χ2n) is 9.64. The fourth-order valence-electron chi connectivity index (χ4n) is 6.68. The van der Waals surface area contributed by atoms with Gasteiger partial charge in [-0.2, -0.15) is 0 Å². The normalized spacial score (nSPS) is 51.2. The van der Waals surface area contributed by atoms with Gasteiger partial charge in [-0.25, -0.2) is 0 Å². The van der Waals surface area contributed by atoms with Crippen molar-refractivity contribution in [2.45, 2.75) is 77.9 Å². The molecule has 0 aromatic carbocycles. The summed E-state index contributed by atoms with van der Waals surface area (Å²) in [5.74, 6) is 1.61. The average molecular weight is 344 g/mol. The molecule has 0 spiro atoms. The van der Waals surface area contributed by atoms with Crippen molar-refractivity contribution >= 4 is 5.97 Å². The largest absolute Gasteiger partial charge is 0.458 e. The van der Waals surface area contributed by atoms with E-state index < -0.39 is 5.60 Å². The molecule has 0 aromatic heterocycles. The van der Waals surface area contributed by atoms with E-state index in [1.807, 2.05) is 0 Å². The number of ether oxygens (including phenoxy) is 1.